The Hall–Kier alpha value is -2.19. The molecular formula is C19H24F3N3O2. The minimum absolute atomic E-state index is 0.00141. The van der Waals surface area contributed by atoms with Gasteiger partial charge in [-0.25, -0.2) is 0 Å². The minimum Gasteiger partial charge on any atom is -0.385 e. The largest absolute Gasteiger partial charge is 0.416 e. The Kier molecular flexibility index (Phi) is 7.15. The summed E-state index contributed by atoms with van der Waals surface area (Å²) >= 11 is 0. The van der Waals surface area contributed by atoms with Crippen LogP contribution >= 0.6 is 0 Å². The van der Waals surface area contributed by atoms with Crippen molar-refractivity contribution in [2.45, 2.75) is 45.6 Å². The van der Waals surface area contributed by atoms with Crippen LogP contribution in [0.3, 0.4) is 0 Å². The Bertz CT molecular complexity index is 770. The average molecular weight is 383 g/mol. The predicted octanol–water partition coefficient (Wildman–Crippen LogP) is 3.45. The number of hydrogen-bond donors (Lipinski definition) is 1. The third kappa shape index (κ3) is 5.17. The Morgan fingerprint density at radius 1 is 1.37 bits per heavy atom. The van der Waals surface area contributed by atoms with E-state index in [-0.39, 0.29) is 18.2 Å². The van der Waals surface area contributed by atoms with Crippen molar-refractivity contribution in [2.75, 3.05) is 13.7 Å². The van der Waals surface area contributed by atoms with E-state index >= 15 is 0 Å². The first-order chi connectivity index (χ1) is 12.8. The number of rotatable bonds is 4. The molecule has 0 aliphatic carbocycles. The summed E-state index contributed by atoms with van der Waals surface area (Å²) < 4.78 is 45.5. The van der Waals surface area contributed by atoms with E-state index in [1.165, 1.54) is 16.8 Å². The van der Waals surface area contributed by atoms with Crippen molar-refractivity contribution in [3.63, 3.8) is 0 Å². The number of ether oxygens (including phenoxy) is 1. The number of nitrogens with zero attached hydrogens (tertiary/aromatic N) is 2. The fourth-order valence-corrected chi connectivity index (χ4v) is 2.94. The molecule has 1 aromatic carbocycles. The maximum Gasteiger partial charge on any atom is 0.416 e. The number of alkyl halides is 3. The van der Waals surface area contributed by atoms with Crippen LogP contribution in [0.5, 0.6) is 0 Å². The van der Waals surface area contributed by atoms with Gasteiger partial charge in [0.1, 0.15) is 5.69 Å². The number of aldehydes is 1. The van der Waals surface area contributed by atoms with Gasteiger partial charge in [-0.15, -0.1) is 0 Å². The Balaban J connectivity index is 0.000000596. The molecule has 0 unspecified atom stereocenters. The van der Waals surface area contributed by atoms with Crippen molar-refractivity contribution in [1.29, 1.82) is 0 Å². The molecule has 0 amide bonds. The Morgan fingerprint density at radius 2 is 2.04 bits per heavy atom. The summed E-state index contributed by atoms with van der Waals surface area (Å²) in [6.07, 6.45) is -3.13. The maximum atomic E-state index is 13.1. The number of methoxy groups -OCH3 is 1. The molecule has 2 aromatic rings. The summed E-state index contributed by atoms with van der Waals surface area (Å²) in [5, 5.41) is 7.44. The standard InChI is InChI=1S/C16H16F3N3O.C3H8O/c1-10-6-15-12(7-20-10)14(9-23)21-22(15)8-11-4-2-3-5-13(11)16(17,18)19;1-3-4-2/h2-5,9-10,20H,6-8H2,1H3;3H2,1-2H3/t10-;/m1./s1. The molecule has 0 fully saturated rings. The Labute approximate surface area is 156 Å². The van der Waals surface area contributed by atoms with Gasteiger partial charge in [0, 0.05) is 44.0 Å². The fourth-order valence-electron chi connectivity index (χ4n) is 2.94. The monoisotopic (exact) mass is 383 g/mol. The molecule has 5 nitrogen and oxygen atoms in total. The van der Waals surface area contributed by atoms with Gasteiger partial charge in [0.25, 0.3) is 0 Å². The van der Waals surface area contributed by atoms with E-state index in [0.29, 0.717) is 24.9 Å². The van der Waals surface area contributed by atoms with E-state index in [2.05, 4.69) is 15.2 Å². The number of fused-ring (bicyclic) bond motifs is 1. The van der Waals surface area contributed by atoms with Gasteiger partial charge >= 0.3 is 6.18 Å². The fraction of sp³-hybridized carbons (Fsp3) is 0.474. The van der Waals surface area contributed by atoms with Gasteiger partial charge in [0.05, 0.1) is 12.1 Å². The lowest BCUT2D eigenvalue weighted by Crippen LogP contribution is -2.34. The first-order valence-electron chi connectivity index (χ1n) is 8.72. The molecule has 1 aliphatic heterocycles. The molecule has 1 aliphatic rings. The Morgan fingerprint density at radius 3 is 2.63 bits per heavy atom. The maximum absolute atomic E-state index is 13.1. The molecular weight excluding hydrogens is 359 g/mol. The van der Waals surface area contributed by atoms with Gasteiger partial charge in [-0.1, -0.05) is 18.2 Å². The second-order valence-electron chi connectivity index (χ2n) is 6.30. The highest BCUT2D eigenvalue weighted by Crippen LogP contribution is 2.32. The van der Waals surface area contributed by atoms with Crippen molar-refractivity contribution >= 4 is 6.29 Å². The third-order valence-corrected chi connectivity index (χ3v) is 4.37. The molecule has 3 rings (SSSR count). The number of aromatic nitrogens is 2. The lowest BCUT2D eigenvalue weighted by atomic mass is 10.0. The van der Waals surface area contributed by atoms with Crippen LogP contribution in [-0.4, -0.2) is 35.8 Å². The zero-order chi connectivity index (χ0) is 20.0. The molecule has 0 saturated carbocycles. The van der Waals surface area contributed by atoms with E-state index in [9.17, 15) is 18.0 Å². The smallest absolute Gasteiger partial charge is 0.385 e. The van der Waals surface area contributed by atoms with Crippen LogP contribution in [0.1, 0.15) is 46.7 Å². The number of carbonyl (C=O) groups is 1. The highest BCUT2D eigenvalue weighted by Gasteiger charge is 2.33. The predicted molar refractivity (Wildman–Crippen MR) is 95.7 cm³/mol. The number of carbonyl (C=O) groups excluding carboxylic acids is 1. The summed E-state index contributed by atoms with van der Waals surface area (Å²) in [6, 6.07) is 5.65. The highest BCUT2D eigenvalue weighted by atomic mass is 19.4. The quantitative estimate of drug-likeness (QED) is 0.822. The molecule has 2 heterocycles. The van der Waals surface area contributed by atoms with Crippen molar-refractivity contribution in [1.82, 2.24) is 15.1 Å². The number of halogens is 3. The molecule has 0 spiro atoms. The lowest BCUT2D eigenvalue weighted by molar-refractivity contribution is -0.138. The molecule has 27 heavy (non-hydrogen) atoms. The summed E-state index contributed by atoms with van der Waals surface area (Å²) in [6.45, 7) is 5.27. The van der Waals surface area contributed by atoms with Gasteiger partial charge in [-0.3, -0.25) is 9.48 Å². The molecule has 8 heteroatoms. The number of nitrogens with one attached hydrogen (secondary N) is 1. The summed E-state index contributed by atoms with van der Waals surface area (Å²) in [7, 11) is 1.68. The van der Waals surface area contributed by atoms with Crippen molar-refractivity contribution < 1.29 is 22.7 Å². The third-order valence-electron chi connectivity index (χ3n) is 4.37. The molecule has 0 saturated heterocycles. The summed E-state index contributed by atoms with van der Waals surface area (Å²) in [4.78, 5) is 11.2. The molecule has 0 bridgehead atoms. The van der Waals surface area contributed by atoms with Crippen molar-refractivity contribution in [3.05, 3.63) is 52.3 Å². The second kappa shape index (κ2) is 9.14. The minimum atomic E-state index is -4.41. The second-order valence-corrected chi connectivity index (χ2v) is 6.30. The topological polar surface area (TPSA) is 56.1 Å². The first-order valence-corrected chi connectivity index (χ1v) is 8.72. The summed E-state index contributed by atoms with van der Waals surface area (Å²) in [5.74, 6) is 0. The molecule has 1 aromatic heterocycles. The van der Waals surface area contributed by atoms with Gasteiger partial charge in [-0.05, 0) is 25.5 Å². The van der Waals surface area contributed by atoms with Crippen LogP contribution in [0.25, 0.3) is 0 Å². The van der Waals surface area contributed by atoms with Crippen LogP contribution in [0.2, 0.25) is 0 Å². The normalized spacial score (nSPS) is 16.3. The van der Waals surface area contributed by atoms with Gasteiger partial charge in [0.2, 0.25) is 0 Å². The van der Waals surface area contributed by atoms with Crippen LogP contribution in [0, 0.1) is 0 Å². The van der Waals surface area contributed by atoms with Gasteiger partial charge < -0.3 is 10.1 Å². The number of hydrogen-bond acceptors (Lipinski definition) is 4. The average Bonchev–Trinajstić information content (AvgIpc) is 2.98. The van der Waals surface area contributed by atoms with Crippen molar-refractivity contribution in [2.24, 2.45) is 0 Å². The molecule has 0 radical (unpaired) electrons. The van der Waals surface area contributed by atoms with Crippen molar-refractivity contribution in [3.8, 4) is 0 Å². The zero-order valence-corrected chi connectivity index (χ0v) is 15.6. The van der Waals surface area contributed by atoms with E-state index in [4.69, 9.17) is 0 Å². The molecule has 1 atom stereocenters. The van der Waals surface area contributed by atoms with Crippen LogP contribution in [0.15, 0.2) is 24.3 Å². The van der Waals surface area contributed by atoms with E-state index in [1.54, 1.807) is 13.2 Å². The van der Waals surface area contributed by atoms with E-state index in [1.807, 2.05) is 13.8 Å². The van der Waals surface area contributed by atoms with Gasteiger partial charge in [0.15, 0.2) is 6.29 Å². The van der Waals surface area contributed by atoms with Gasteiger partial charge in [-0.2, -0.15) is 18.3 Å². The SMILES string of the molecule is CCOC.C[C@@H]1Cc2c(c(C=O)nn2Cc2ccccc2C(F)(F)F)CN1. The first kappa shape index (κ1) is 21.1. The van der Waals surface area contributed by atoms with E-state index < -0.39 is 11.7 Å². The molecule has 148 valence electrons. The van der Waals surface area contributed by atoms with E-state index in [0.717, 1.165) is 23.9 Å². The highest BCUT2D eigenvalue weighted by molar-refractivity contribution is 5.75. The lowest BCUT2D eigenvalue weighted by Gasteiger charge is -2.22. The molecule has 1 N–H and O–H groups in total. The zero-order valence-electron chi connectivity index (χ0n) is 15.6. The summed E-state index contributed by atoms with van der Waals surface area (Å²) in [5.41, 5.74) is 1.38. The van der Waals surface area contributed by atoms with Crippen LogP contribution in [0.4, 0.5) is 13.2 Å². The number of benzene rings is 1. The van der Waals surface area contributed by atoms with Crippen LogP contribution < -0.4 is 5.32 Å². The van der Waals surface area contributed by atoms with Crippen LogP contribution in [-0.2, 0) is 30.4 Å².